The summed E-state index contributed by atoms with van der Waals surface area (Å²) in [4.78, 5) is 8.15. The fourth-order valence-electron chi connectivity index (χ4n) is 3.30. The third-order valence-corrected chi connectivity index (χ3v) is 5.35. The standard InChI is InChI=1S/C19H20F3N5S/c1-13-9-14(2)27(18(28)16(13)10-23)12-25-5-7-26(8-6-25)17-4-3-15(11-24-17)19(20,21)22/h3-4,9,11H,5-8,12H2,1-2H3. The van der Waals surface area contributed by atoms with E-state index in [0.717, 1.165) is 36.6 Å². The average molecular weight is 407 g/mol. The first-order chi connectivity index (χ1) is 13.2. The lowest BCUT2D eigenvalue weighted by Gasteiger charge is -2.36. The van der Waals surface area contributed by atoms with Gasteiger partial charge in [0.1, 0.15) is 16.5 Å². The molecule has 1 fully saturated rings. The summed E-state index contributed by atoms with van der Waals surface area (Å²) >= 11 is 5.48. The van der Waals surface area contributed by atoms with Crippen LogP contribution in [-0.2, 0) is 12.8 Å². The van der Waals surface area contributed by atoms with Gasteiger partial charge in [-0.15, -0.1) is 0 Å². The number of nitriles is 1. The van der Waals surface area contributed by atoms with Gasteiger partial charge in [-0.2, -0.15) is 18.4 Å². The summed E-state index contributed by atoms with van der Waals surface area (Å²) in [6.45, 7) is 7.17. The lowest BCUT2D eigenvalue weighted by molar-refractivity contribution is -0.137. The molecule has 0 atom stereocenters. The second kappa shape index (κ2) is 7.89. The molecule has 0 saturated carbocycles. The van der Waals surface area contributed by atoms with Crippen molar-refractivity contribution in [2.24, 2.45) is 0 Å². The zero-order valence-corrected chi connectivity index (χ0v) is 16.4. The fourth-order valence-corrected chi connectivity index (χ4v) is 3.71. The molecule has 5 nitrogen and oxygen atoms in total. The molecule has 2 aromatic heterocycles. The van der Waals surface area contributed by atoms with Gasteiger partial charge in [0, 0.05) is 38.1 Å². The maximum atomic E-state index is 12.7. The molecule has 9 heteroatoms. The Bertz CT molecular complexity index is 952. The van der Waals surface area contributed by atoms with E-state index in [4.69, 9.17) is 12.2 Å². The van der Waals surface area contributed by atoms with Gasteiger partial charge in [0.25, 0.3) is 0 Å². The van der Waals surface area contributed by atoms with Crippen LogP contribution in [-0.4, -0.2) is 40.6 Å². The number of rotatable bonds is 3. The molecule has 3 heterocycles. The molecule has 1 aliphatic rings. The van der Waals surface area contributed by atoms with Crippen LogP contribution in [0.15, 0.2) is 24.4 Å². The smallest absolute Gasteiger partial charge is 0.354 e. The molecule has 0 amide bonds. The maximum Gasteiger partial charge on any atom is 0.417 e. The van der Waals surface area contributed by atoms with Crippen molar-refractivity contribution in [1.82, 2.24) is 14.5 Å². The van der Waals surface area contributed by atoms with Crippen LogP contribution in [0, 0.1) is 29.8 Å². The molecular weight excluding hydrogens is 387 g/mol. The number of halogens is 3. The highest BCUT2D eigenvalue weighted by Gasteiger charge is 2.31. The van der Waals surface area contributed by atoms with E-state index in [1.54, 1.807) is 0 Å². The van der Waals surface area contributed by atoms with Crippen molar-refractivity contribution in [2.75, 3.05) is 31.1 Å². The molecule has 3 rings (SSSR count). The van der Waals surface area contributed by atoms with E-state index in [-0.39, 0.29) is 0 Å². The molecule has 0 N–H and O–H groups in total. The Morgan fingerprint density at radius 2 is 1.86 bits per heavy atom. The number of anilines is 1. The summed E-state index contributed by atoms with van der Waals surface area (Å²) < 4.78 is 40.5. The first-order valence-electron chi connectivity index (χ1n) is 8.82. The monoisotopic (exact) mass is 407 g/mol. The zero-order chi connectivity index (χ0) is 20.5. The largest absolute Gasteiger partial charge is 0.417 e. The molecular formula is C19H20F3N5S. The van der Waals surface area contributed by atoms with Gasteiger partial charge in [-0.05, 0) is 37.6 Å². The Morgan fingerprint density at radius 3 is 2.39 bits per heavy atom. The highest BCUT2D eigenvalue weighted by atomic mass is 32.1. The normalized spacial score (nSPS) is 15.5. The number of hydrogen-bond acceptors (Lipinski definition) is 5. The Labute approximate surface area is 166 Å². The lowest BCUT2D eigenvalue weighted by Crippen LogP contribution is -2.47. The van der Waals surface area contributed by atoms with Crippen molar-refractivity contribution in [1.29, 1.82) is 5.26 Å². The van der Waals surface area contributed by atoms with E-state index >= 15 is 0 Å². The Kier molecular flexibility index (Phi) is 5.72. The van der Waals surface area contributed by atoms with E-state index in [9.17, 15) is 18.4 Å². The predicted octanol–water partition coefficient (Wildman–Crippen LogP) is 3.90. The van der Waals surface area contributed by atoms with Gasteiger partial charge in [-0.1, -0.05) is 12.2 Å². The predicted molar refractivity (Wildman–Crippen MR) is 102 cm³/mol. The van der Waals surface area contributed by atoms with E-state index < -0.39 is 11.7 Å². The summed E-state index contributed by atoms with van der Waals surface area (Å²) in [5.74, 6) is 0.544. The number of aromatic nitrogens is 2. The third-order valence-electron chi connectivity index (χ3n) is 4.93. The molecule has 28 heavy (non-hydrogen) atoms. The first kappa shape index (κ1) is 20.3. The van der Waals surface area contributed by atoms with Crippen molar-refractivity contribution >= 4 is 18.0 Å². The Morgan fingerprint density at radius 1 is 1.18 bits per heavy atom. The van der Waals surface area contributed by atoms with Gasteiger partial charge >= 0.3 is 6.18 Å². The molecule has 0 spiro atoms. The van der Waals surface area contributed by atoms with Crippen LogP contribution in [0.2, 0.25) is 0 Å². The first-order valence-corrected chi connectivity index (χ1v) is 9.23. The van der Waals surface area contributed by atoms with E-state index in [1.165, 1.54) is 6.07 Å². The van der Waals surface area contributed by atoms with Crippen LogP contribution < -0.4 is 4.90 Å². The highest BCUT2D eigenvalue weighted by molar-refractivity contribution is 7.71. The van der Waals surface area contributed by atoms with Crippen molar-refractivity contribution in [3.05, 3.63) is 51.4 Å². The molecule has 2 aromatic rings. The molecule has 148 valence electrons. The quantitative estimate of drug-likeness (QED) is 0.723. The summed E-state index contributed by atoms with van der Waals surface area (Å²) in [7, 11) is 0. The minimum absolute atomic E-state index is 0.521. The number of piperazine rings is 1. The van der Waals surface area contributed by atoms with E-state index in [0.29, 0.717) is 35.8 Å². The van der Waals surface area contributed by atoms with Crippen molar-refractivity contribution in [3.8, 4) is 6.07 Å². The van der Waals surface area contributed by atoms with Gasteiger partial charge in [0.05, 0.1) is 17.8 Å². The van der Waals surface area contributed by atoms with Gasteiger partial charge in [-0.25, -0.2) is 4.98 Å². The van der Waals surface area contributed by atoms with Gasteiger partial charge in [0.2, 0.25) is 0 Å². The Hall–Kier alpha value is -2.44. The second-order valence-corrected chi connectivity index (χ2v) is 7.22. The number of alkyl halides is 3. The number of aryl methyl sites for hydroxylation is 2. The molecule has 1 saturated heterocycles. The third kappa shape index (κ3) is 4.18. The fraction of sp³-hybridized carbons (Fsp3) is 0.421. The molecule has 0 bridgehead atoms. The highest BCUT2D eigenvalue weighted by Crippen LogP contribution is 2.29. The molecule has 0 radical (unpaired) electrons. The van der Waals surface area contributed by atoms with Gasteiger partial charge in [-0.3, -0.25) is 4.90 Å². The number of pyridine rings is 2. The van der Waals surface area contributed by atoms with Gasteiger partial charge in [0.15, 0.2) is 0 Å². The SMILES string of the molecule is Cc1cc(C)n(CN2CCN(c3ccc(C(F)(F)F)cn3)CC2)c(=S)c1C#N. The molecule has 0 unspecified atom stereocenters. The molecule has 1 aliphatic heterocycles. The van der Waals surface area contributed by atoms with E-state index in [2.05, 4.69) is 16.0 Å². The number of hydrogen-bond donors (Lipinski definition) is 0. The van der Waals surface area contributed by atoms with Crippen molar-refractivity contribution < 1.29 is 13.2 Å². The van der Waals surface area contributed by atoms with E-state index in [1.807, 2.05) is 29.4 Å². The minimum Gasteiger partial charge on any atom is -0.354 e. The lowest BCUT2D eigenvalue weighted by atomic mass is 10.1. The molecule has 0 aliphatic carbocycles. The van der Waals surface area contributed by atoms with Crippen LogP contribution in [0.5, 0.6) is 0 Å². The minimum atomic E-state index is -4.38. The van der Waals surface area contributed by atoms with Crippen LogP contribution in [0.3, 0.4) is 0 Å². The summed E-state index contributed by atoms with van der Waals surface area (Å²) in [6, 6.07) is 6.60. The second-order valence-electron chi connectivity index (χ2n) is 6.84. The van der Waals surface area contributed by atoms with Crippen LogP contribution in [0.1, 0.15) is 22.4 Å². The summed E-state index contributed by atoms with van der Waals surface area (Å²) in [5, 5.41) is 9.32. The number of nitrogens with zero attached hydrogens (tertiary/aromatic N) is 5. The van der Waals surface area contributed by atoms with Gasteiger partial charge < -0.3 is 9.47 Å². The maximum absolute atomic E-state index is 12.7. The van der Waals surface area contributed by atoms with Crippen LogP contribution in [0.4, 0.5) is 19.0 Å². The Balaban J connectivity index is 1.67. The average Bonchev–Trinajstić information content (AvgIpc) is 2.65. The summed E-state index contributed by atoms with van der Waals surface area (Å²) in [6.07, 6.45) is -3.50. The van der Waals surface area contributed by atoms with Crippen molar-refractivity contribution in [3.63, 3.8) is 0 Å². The molecule has 0 aromatic carbocycles. The van der Waals surface area contributed by atoms with Crippen LogP contribution >= 0.6 is 12.2 Å². The van der Waals surface area contributed by atoms with Crippen molar-refractivity contribution in [2.45, 2.75) is 26.7 Å². The topological polar surface area (TPSA) is 48.1 Å². The zero-order valence-electron chi connectivity index (χ0n) is 15.6. The summed E-state index contributed by atoms with van der Waals surface area (Å²) in [5.41, 5.74) is 1.65. The van der Waals surface area contributed by atoms with Crippen LogP contribution in [0.25, 0.3) is 0 Å².